The van der Waals surface area contributed by atoms with Crippen molar-refractivity contribution >= 4 is 23.8 Å². The van der Waals surface area contributed by atoms with Gasteiger partial charge in [0.15, 0.2) is 0 Å². The molecule has 7 heteroatoms. The molecule has 1 amide bonds. The maximum absolute atomic E-state index is 13.0. The summed E-state index contributed by atoms with van der Waals surface area (Å²) in [6.07, 6.45) is 8.51. The minimum Gasteiger partial charge on any atom is -0.508 e. The zero-order valence-electron chi connectivity index (χ0n) is 20.7. The first-order chi connectivity index (χ1) is 17.9. The number of ether oxygens (including phenoxy) is 1. The summed E-state index contributed by atoms with van der Waals surface area (Å²) in [4.78, 5) is 25.0. The van der Waals surface area contributed by atoms with Gasteiger partial charge in [-0.05, 0) is 90.0 Å². The third-order valence-electron chi connectivity index (χ3n) is 5.85. The molecule has 0 saturated carbocycles. The first kappa shape index (κ1) is 25.9. The smallest absolute Gasteiger partial charge is 0.338 e. The van der Waals surface area contributed by atoms with E-state index in [4.69, 9.17) is 4.74 Å². The maximum Gasteiger partial charge on any atom is 0.338 e. The van der Waals surface area contributed by atoms with Gasteiger partial charge in [-0.15, -0.1) is 0 Å². The molecule has 0 bridgehead atoms. The fourth-order valence-electron chi connectivity index (χ4n) is 3.94. The van der Waals surface area contributed by atoms with Crippen molar-refractivity contribution in [1.29, 1.82) is 0 Å². The summed E-state index contributed by atoms with van der Waals surface area (Å²) in [5, 5.41) is 12.5. The Morgan fingerprint density at radius 2 is 1.81 bits per heavy atom. The van der Waals surface area contributed by atoms with E-state index in [1.165, 1.54) is 19.1 Å². The SMILES string of the molecule is COC(=O)c1ccccc1CSNC1=CC(NC(=O)c2ccc(-c3ccc(O)cc3)c(C)c2)=CCC=C1. The second-order valence-corrected chi connectivity index (χ2v) is 9.25. The molecule has 37 heavy (non-hydrogen) atoms. The maximum atomic E-state index is 13.0. The molecule has 3 aromatic rings. The number of aryl methyl sites for hydroxylation is 1. The Morgan fingerprint density at radius 1 is 1.03 bits per heavy atom. The Morgan fingerprint density at radius 3 is 2.57 bits per heavy atom. The monoisotopic (exact) mass is 512 g/mol. The van der Waals surface area contributed by atoms with Gasteiger partial charge >= 0.3 is 5.97 Å². The number of aromatic hydroxyl groups is 1. The number of carbonyl (C=O) groups is 2. The van der Waals surface area contributed by atoms with Crippen LogP contribution in [-0.2, 0) is 10.5 Å². The molecule has 0 saturated heterocycles. The summed E-state index contributed by atoms with van der Waals surface area (Å²) in [7, 11) is 1.37. The summed E-state index contributed by atoms with van der Waals surface area (Å²) in [5.74, 6) is 0.233. The van der Waals surface area contributed by atoms with Gasteiger partial charge in [0.1, 0.15) is 5.75 Å². The quantitative estimate of drug-likeness (QED) is 0.252. The van der Waals surface area contributed by atoms with Gasteiger partial charge in [-0.2, -0.15) is 0 Å². The van der Waals surface area contributed by atoms with Crippen molar-refractivity contribution < 1.29 is 19.4 Å². The zero-order chi connectivity index (χ0) is 26.2. The topological polar surface area (TPSA) is 87.7 Å². The standard InChI is InChI=1S/C30H28N2O4S/c1-20-17-22(13-16-27(20)21-11-14-26(33)15-12-21)29(34)31-24-8-4-5-9-25(18-24)32-37-19-23-7-3-6-10-28(23)30(35)36-2/h3,5-18,32-33H,4,19H2,1-2H3,(H,31,34). The van der Waals surface area contributed by atoms with Crippen LogP contribution in [0, 0.1) is 6.92 Å². The number of amides is 1. The average Bonchev–Trinajstić information content (AvgIpc) is 3.14. The molecule has 0 heterocycles. The first-order valence-corrected chi connectivity index (χ1v) is 12.8. The molecule has 6 nitrogen and oxygen atoms in total. The normalized spacial score (nSPS) is 12.7. The number of hydrogen-bond acceptors (Lipinski definition) is 6. The van der Waals surface area contributed by atoms with Crippen LogP contribution < -0.4 is 10.0 Å². The van der Waals surface area contributed by atoms with Crippen molar-refractivity contribution in [3.8, 4) is 16.9 Å². The van der Waals surface area contributed by atoms with E-state index in [0.29, 0.717) is 29.0 Å². The van der Waals surface area contributed by atoms with Gasteiger partial charge in [-0.3, -0.25) is 4.79 Å². The molecule has 0 unspecified atom stereocenters. The van der Waals surface area contributed by atoms with E-state index in [0.717, 1.165) is 28.0 Å². The predicted molar refractivity (Wildman–Crippen MR) is 148 cm³/mol. The highest BCUT2D eigenvalue weighted by molar-refractivity contribution is 7.96. The van der Waals surface area contributed by atoms with Gasteiger partial charge in [0.2, 0.25) is 0 Å². The highest BCUT2D eigenvalue weighted by Gasteiger charge is 2.13. The molecule has 3 N–H and O–H groups in total. The molecule has 0 spiro atoms. The highest BCUT2D eigenvalue weighted by atomic mass is 32.2. The fourth-order valence-corrected chi connectivity index (χ4v) is 4.71. The molecule has 0 aromatic heterocycles. The number of allylic oxidation sites excluding steroid dienone is 4. The Kier molecular flexibility index (Phi) is 8.48. The number of esters is 1. The van der Waals surface area contributed by atoms with Crippen molar-refractivity contribution in [3.05, 3.63) is 125 Å². The molecule has 0 radical (unpaired) electrons. The Hall–Kier alpha value is -4.23. The lowest BCUT2D eigenvalue weighted by Gasteiger charge is -2.12. The number of nitrogens with one attached hydrogen (secondary N) is 2. The summed E-state index contributed by atoms with van der Waals surface area (Å²) in [6.45, 7) is 1.96. The summed E-state index contributed by atoms with van der Waals surface area (Å²) >= 11 is 1.45. The number of rotatable bonds is 8. The van der Waals surface area contributed by atoms with Gasteiger partial charge in [0.25, 0.3) is 5.91 Å². The third kappa shape index (κ3) is 6.71. The van der Waals surface area contributed by atoms with Gasteiger partial charge in [-0.25, -0.2) is 4.79 Å². The van der Waals surface area contributed by atoms with Crippen LogP contribution in [0.25, 0.3) is 11.1 Å². The minimum atomic E-state index is -0.357. The van der Waals surface area contributed by atoms with E-state index < -0.39 is 0 Å². The van der Waals surface area contributed by atoms with Crippen molar-refractivity contribution in [2.24, 2.45) is 0 Å². The van der Waals surface area contributed by atoms with Crippen molar-refractivity contribution in [2.45, 2.75) is 19.1 Å². The number of hydrogen-bond donors (Lipinski definition) is 3. The van der Waals surface area contributed by atoms with Crippen LogP contribution in [0.15, 0.2) is 102 Å². The van der Waals surface area contributed by atoms with E-state index in [9.17, 15) is 14.7 Å². The van der Waals surface area contributed by atoms with E-state index in [1.54, 1.807) is 24.3 Å². The molecule has 4 rings (SSSR count). The molecule has 0 fully saturated rings. The van der Waals surface area contributed by atoms with Crippen LogP contribution in [0.1, 0.15) is 38.3 Å². The van der Waals surface area contributed by atoms with E-state index >= 15 is 0 Å². The molecule has 1 aliphatic carbocycles. The van der Waals surface area contributed by atoms with Crippen LogP contribution in [0.5, 0.6) is 5.75 Å². The van der Waals surface area contributed by atoms with Crippen LogP contribution in [0.2, 0.25) is 0 Å². The van der Waals surface area contributed by atoms with Crippen molar-refractivity contribution in [3.63, 3.8) is 0 Å². The fraction of sp³-hybridized carbons (Fsp3) is 0.133. The zero-order valence-corrected chi connectivity index (χ0v) is 21.5. The molecule has 188 valence electrons. The van der Waals surface area contributed by atoms with E-state index in [1.807, 2.05) is 73.7 Å². The number of carbonyl (C=O) groups excluding carboxylic acids is 2. The molecule has 1 aliphatic rings. The van der Waals surface area contributed by atoms with Crippen LogP contribution in [0.4, 0.5) is 0 Å². The Labute approximate surface area is 220 Å². The van der Waals surface area contributed by atoms with Gasteiger partial charge < -0.3 is 19.9 Å². The van der Waals surface area contributed by atoms with E-state index in [-0.39, 0.29) is 17.6 Å². The Bertz CT molecular complexity index is 1390. The third-order valence-corrected chi connectivity index (χ3v) is 6.68. The minimum absolute atomic E-state index is 0.191. The number of methoxy groups -OCH3 is 1. The van der Waals surface area contributed by atoms with Crippen molar-refractivity contribution in [2.75, 3.05) is 7.11 Å². The number of benzene rings is 3. The lowest BCUT2D eigenvalue weighted by molar-refractivity contribution is 0.0599. The highest BCUT2D eigenvalue weighted by Crippen LogP contribution is 2.26. The molecule has 0 atom stereocenters. The predicted octanol–water partition coefficient (Wildman–Crippen LogP) is 6.05. The second kappa shape index (κ2) is 12.1. The summed E-state index contributed by atoms with van der Waals surface area (Å²) in [6, 6.07) is 20.0. The van der Waals surface area contributed by atoms with Crippen molar-refractivity contribution in [1.82, 2.24) is 10.0 Å². The lowest BCUT2D eigenvalue weighted by atomic mass is 9.98. The molecule has 0 aliphatic heterocycles. The number of phenols is 1. The van der Waals surface area contributed by atoms with Crippen LogP contribution in [0.3, 0.4) is 0 Å². The number of phenolic OH excluding ortho intramolecular Hbond substituents is 1. The molecule has 3 aromatic carbocycles. The molecular weight excluding hydrogens is 484 g/mol. The van der Waals surface area contributed by atoms with E-state index in [2.05, 4.69) is 10.0 Å². The Balaban J connectivity index is 1.40. The van der Waals surface area contributed by atoms with Gasteiger partial charge in [0.05, 0.1) is 12.7 Å². The average molecular weight is 513 g/mol. The van der Waals surface area contributed by atoms with Gasteiger partial charge in [-0.1, -0.05) is 48.6 Å². The summed E-state index contributed by atoms with van der Waals surface area (Å²) in [5.41, 5.74) is 6.48. The first-order valence-electron chi connectivity index (χ1n) is 11.8. The summed E-state index contributed by atoms with van der Waals surface area (Å²) < 4.78 is 8.17. The van der Waals surface area contributed by atoms with Crippen LogP contribution in [-0.4, -0.2) is 24.1 Å². The lowest BCUT2D eigenvalue weighted by Crippen LogP contribution is -2.22. The largest absolute Gasteiger partial charge is 0.508 e. The molecular formula is C30H28N2O4S. The second-order valence-electron chi connectivity index (χ2n) is 8.47. The van der Waals surface area contributed by atoms with Crippen LogP contribution >= 0.6 is 11.9 Å². The van der Waals surface area contributed by atoms with Gasteiger partial charge in [0, 0.05) is 22.7 Å².